The summed E-state index contributed by atoms with van der Waals surface area (Å²) in [5.74, 6) is -0.959. The molecule has 182 valence electrons. The molecule has 0 bridgehead atoms. The Balaban J connectivity index is 1.34. The first-order valence-electron chi connectivity index (χ1n) is 10.6. The van der Waals surface area contributed by atoms with E-state index >= 15 is 0 Å². The average Bonchev–Trinajstić information content (AvgIpc) is 2.86. The van der Waals surface area contributed by atoms with Crippen molar-refractivity contribution in [1.82, 2.24) is 15.2 Å². The lowest BCUT2D eigenvalue weighted by molar-refractivity contribution is -0.383. The Labute approximate surface area is 197 Å². The van der Waals surface area contributed by atoms with Crippen LogP contribution in [-0.2, 0) is 11.0 Å². The molecule has 1 aliphatic rings. The van der Waals surface area contributed by atoms with E-state index in [0.29, 0.717) is 37.0 Å². The van der Waals surface area contributed by atoms with E-state index in [9.17, 15) is 32.9 Å². The number of pyridine rings is 1. The maximum absolute atomic E-state index is 12.7. The molecule has 0 aliphatic carbocycles. The third-order valence-electron chi connectivity index (χ3n) is 5.82. The number of aromatic nitrogens is 1. The predicted molar refractivity (Wildman–Crippen MR) is 121 cm³/mol. The lowest BCUT2D eigenvalue weighted by Crippen LogP contribution is -2.51. The van der Waals surface area contributed by atoms with Gasteiger partial charge in [-0.2, -0.15) is 13.2 Å². The van der Waals surface area contributed by atoms with E-state index in [-0.39, 0.29) is 23.7 Å². The Morgan fingerprint density at radius 1 is 1.00 bits per heavy atom. The summed E-state index contributed by atoms with van der Waals surface area (Å²) in [7, 11) is 0. The minimum Gasteiger partial charge on any atom is -0.367 e. The van der Waals surface area contributed by atoms with E-state index in [1.54, 1.807) is 23.2 Å². The van der Waals surface area contributed by atoms with Crippen LogP contribution in [0.1, 0.15) is 15.9 Å². The zero-order valence-corrected chi connectivity index (χ0v) is 18.3. The van der Waals surface area contributed by atoms with Crippen molar-refractivity contribution in [2.45, 2.75) is 6.18 Å². The lowest BCUT2D eigenvalue weighted by Gasteiger charge is -2.36. The third kappa shape index (κ3) is 5.15. The SMILES string of the molecule is O=C(NCC(=O)N1CCN(c2ccc([N+](=O)[O-])c3cnccc23)CC1)c1ccc(C(F)(F)F)cc1. The van der Waals surface area contributed by atoms with Crippen LogP contribution >= 0.6 is 0 Å². The number of alkyl halides is 3. The van der Waals surface area contributed by atoms with Crippen LogP contribution in [0.15, 0.2) is 54.9 Å². The number of benzene rings is 2. The van der Waals surface area contributed by atoms with Gasteiger partial charge in [0.1, 0.15) is 0 Å². The van der Waals surface area contributed by atoms with Crippen molar-refractivity contribution in [3.05, 3.63) is 76.1 Å². The molecule has 1 fully saturated rings. The molecule has 2 heterocycles. The Kier molecular flexibility index (Phi) is 6.54. The van der Waals surface area contributed by atoms with Gasteiger partial charge in [-0.3, -0.25) is 24.7 Å². The fourth-order valence-corrected chi connectivity index (χ4v) is 3.97. The van der Waals surface area contributed by atoms with Gasteiger partial charge in [0.25, 0.3) is 11.6 Å². The standard InChI is InChI=1S/C23H20F3N5O4/c24-23(25,26)16-3-1-15(2-4-16)22(33)28-14-21(32)30-11-9-29(10-12-30)19-5-6-20(31(34)35)18-13-27-8-7-17(18)19/h1-8,13H,9-12,14H2,(H,28,33). The first kappa shape index (κ1) is 23.9. The summed E-state index contributed by atoms with van der Waals surface area (Å²) in [6, 6.07) is 8.58. The normalized spacial score (nSPS) is 14.1. The molecule has 0 spiro atoms. The highest BCUT2D eigenvalue weighted by atomic mass is 19.4. The predicted octanol–water partition coefficient (Wildman–Crippen LogP) is 3.24. The van der Waals surface area contributed by atoms with Crippen LogP contribution in [0.3, 0.4) is 0 Å². The number of hydrogen-bond acceptors (Lipinski definition) is 6. The van der Waals surface area contributed by atoms with Gasteiger partial charge in [-0.05, 0) is 36.4 Å². The average molecular weight is 487 g/mol. The third-order valence-corrected chi connectivity index (χ3v) is 5.82. The Hall–Kier alpha value is -4.22. The van der Waals surface area contributed by atoms with Crippen LogP contribution < -0.4 is 10.2 Å². The first-order valence-corrected chi connectivity index (χ1v) is 10.6. The van der Waals surface area contributed by atoms with Crippen LogP contribution in [0.5, 0.6) is 0 Å². The van der Waals surface area contributed by atoms with Gasteiger partial charge in [0, 0.05) is 61.3 Å². The molecule has 12 heteroatoms. The molecule has 0 unspecified atom stereocenters. The topological polar surface area (TPSA) is 109 Å². The number of nitro groups is 1. The van der Waals surface area contributed by atoms with Crippen molar-refractivity contribution in [3.8, 4) is 0 Å². The van der Waals surface area contributed by atoms with Crippen molar-refractivity contribution in [2.24, 2.45) is 0 Å². The molecule has 1 aliphatic heterocycles. The van der Waals surface area contributed by atoms with Gasteiger partial charge in [0.15, 0.2) is 0 Å². The largest absolute Gasteiger partial charge is 0.416 e. The van der Waals surface area contributed by atoms with Crippen LogP contribution in [0.25, 0.3) is 10.8 Å². The molecule has 1 saturated heterocycles. The molecule has 2 aromatic carbocycles. The Bertz CT molecular complexity index is 1270. The summed E-state index contributed by atoms with van der Waals surface area (Å²) in [6.45, 7) is 1.42. The smallest absolute Gasteiger partial charge is 0.367 e. The summed E-state index contributed by atoms with van der Waals surface area (Å²) >= 11 is 0. The van der Waals surface area contributed by atoms with Crippen molar-refractivity contribution in [3.63, 3.8) is 0 Å². The summed E-state index contributed by atoms with van der Waals surface area (Å²) in [4.78, 5) is 43.2. The summed E-state index contributed by atoms with van der Waals surface area (Å²) in [6.07, 6.45) is -1.48. The number of non-ortho nitro benzene ring substituents is 1. The second-order valence-electron chi connectivity index (χ2n) is 7.91. The summed E-state index contributed by atoms with van der Waals surface area (Å²) in [5.41, 5.74) is -0.0691. The number of piperazine rings is 1. The lowest BCUT2D eigenvalue weighted by atomic mass is 10.1. The van der Waals surface area contributed by atoms with E-state index in [2.05, 4.69) is 10.3 Å². The number of carbonyl (C=O) groups is 2. The molecule has 2 amide bonds. The number of amides is 2. The number of nitro benzene ring substituents is 1. The van der Waals surface area contributed by atoms with Crippen molar-refractivity contribution in [2.75, 3.05) is 37.6 Å². The maximum Gasteiger partial charge on any atom is 0.416 e. The van der Waals surface area contributed by atoms with Crippen LogP contribution in [-0.4, -0.2) is 59.3 Å². The monoisotopic (exact) mass is 487 g/mol. The first-order chi connectivity index (χ1) is 16.6. The van der Waals surface area contributed by atoms with Crippen LogP contribution in [0, 0.1) is 10.1 Å². The molecule has 9 nitrogen and oxygen atoms in total. The van der Waals surface area contributed by atoms with Crippen molar-refractivity contribution < 1.29 is 27.7 Å². The van der Waals surface area contributed by atoms with E-state index in [1.165, 1.54) is 12.3 Å². The minimum absolute atomic E-state index is 0.0233. The molecular weight excluding hydrogens is 467 g/mol. The van der Waals surface area contributed by atoms with Gasteiger partial charge >= 0.3 is 6.18 Å². The number of hydrogen-bond donors (Lipinski definition) is 1. The number of carbonyl (C=O) groups excluding carboxylic acids is 2. The molecule has 35 heavy (non-hydrogen) atoms. The number of nitrogens with zero attached hydrogens (tertiary/aromatic N) is 4. The summed E-state index contributed by atoms with van der Waals surface area (Å²) in [5, 5.41) is 14.9. The zero-order valence-electron chi connectivity index (χ0n) is 18.3. The quantitative estimate of drug-likeness (QED) is 0.437. The molecule has 0 radical (unpaired) electrons. The number of rotatable bonds is 5. The van der Waals surface area contributed by atoms with Gasteiger partial charge < -0.3 is 15.1 Å². The van der Waals surface area contributed by atoms with Gasteiger partial charge in [-0.1, -0.05) is 0 Å². The maximum atomic E-state index is 12.7. The van der Waals surface area contributed by atoms with E-state index in [4.69, 9.17) is 0 Å². The number of fused-ring (bicyclic) bond motifs is 1. The van der Waals surface area contributed by atoms with Crippen LogP contribution in [0.2, 0.25) is 0 Å². The molecular formula is C23H20F3N5O4. The summed E-state index contributed by atoms with van der Waals surface area (Å²) < 4.78 is 38.0. The van der Waals surface area contributed by atoms with Gasteiger partial charge in [-0.25, -0.2) is 0 Å². The van der Waals surface area contributed by atoms with Gasteiger partial charge in [0.2, 0.25) is 5.91 Å². The Morgan fingerprint density at radius 3 is 2.31 bits per heavy atom. The fourth-order valence-electron chi connectivity index (χ4n) is 3.97. The molecule has 0 saturated carbocycles. The second kappa shape index (κ2) is 9.57. The molecule has 3 aromatic rings. The number of anilines is 1. The van der Waals surface area contributed by atoms with Crippen molar-refractivity contribution >= 4 is 34.0 Å². The fraction of sp³-hybridized carbons (Fsp3) is 0.261. The van der Waals surface area contributed by atoms with Gasteiger partial charge in [0.05, 0.1) is 22.4 Å². The van der Waals surface area contributed by atoms with Gasteiger partial charge in [-0.15, -0.1) is 0 Å². The molecule has 1 N–H and O–H groups in total. The zero-order chi connectivity index (χ0) is 25.2. The van der Waals surface area contributed by atoms with E-state index < -0.39 is 22.6 Å². The molecule has 1 aromatic heterocycles. The minimum atomic E-state index is -4.50. The van der Waals surface area contributed by atoms with Crippen molar-refractivity contribution in [1.29, 1.82) is 0 Å². The molecule has 4 rings (SSSR count). The highest BCUT2D eigenvalue weighted by Crippen LogP contribution is 2.33. The highest BCUT2D eigenvalue weighted by Gasteiger charge is 2.30. The highest BCUT2D eigenvalue weighted by molar-refractivity contribution is 5.99. The van der Waals surface area contributed by atoms with E-state index in [1.807, 2.05) is 4.90 Å². The van der Waals surface area contributed by atoms with Crippen LogP contribution in [0.4, 0.5) is 24.5 Å². The molecule has 0 atom stereocenters. The van der Waals surface area contributed by atoms with E-state index in [0.717, 1.165) is 30.0 Å². The number of nitrogens with one attached hydrogen (secondary N) is 1. The second-order valence-corrected chi connectivity index (χ2v) is 7.91. The Morgan fingerprint density at radius 2 is 1.69 bits per heavy atom. The number of halogens is 3.